The molecule has 0 atom stereocenters. The second-order valence-electron chi connectivity index (χ2n) is 6.25. The molecule has 27 heavy (non-hydrogen) atoms. The lowest BCUT2D eigenvalue weighted by molar-refractivity contribution is -0.0232. The molecule has 0 saturated carbocycles. The van der Waals surface area contributed by atoms with Crippen molar-refractivity contribution in [3.63, 3.8) is 0 Å². The fourth-order valence-electron chi connectivity index (χ4n) is 2.21. The van der Waals surface area contributed by atoms with Gasteiger partial charge in [0.1, 0.15) is 12.4 Å². The Morgan fingerprint density at radius 3 is 2.70 bits per heavy atom. The summed E-state index contributed by atoms with van der Waals surface area (Å²) in [4.78, 5) is 12.3. The second kappa shape index (κ2) is 9.29. The first kappa shape index (κ1) is 20.6. The van der Waals surface area contributed by atoms with E-state index in [0.29, 0.717) is 28.6 Å². The van der Waals surface area contributed by atoms with Crippen LogP contribution in [-0.2, 0) is 6.61 Å². The van der Waals surface area contributed by atoms with Gasteiger partial charge in [-0.3, -0.25) is 4.98 Å². The van der Waals surface area contributed by atoms with Crippen LogP contribution in [-0.4, -0.2) is 34.0 Å². The molecule has 0 saturated heterocycles. The highest BCUT2D eigenvalue weighted by atomic mass is 19.3. The van der Waals surface area contributed by atoms with Gasteiger partial charge in [-0.1, -0.05) is 13.3 Å². The SMILES string of the molecule is CCCCNc1nc(N)ncc1OCc1nccc(OCC(C)(F)F)c1C. The topological polar surface area (TPSA) is 95.2 Å². The Morgan fingerprint density at radius 2 is 2.00 bits per heavy atom. The largest absolute Gasteiger partial charge is 0.487 e. The third kappa shape index (κ3) is 6.50. The zero-order chi connectivity index (χ0) is 19.9. The van der Waals surface area contributed by atoms with Crippen molar-refractivity contribution in [2.75, 3.05) is 24.2 Å². The van der Waals surface area contributed by atoms with E-state index >= 15 is 0 Å². The van der Waals surface area contributed by atoms with Crippen LogP contribution in [0, 0.1) is 6.92 Å². The summed E-state index contributed by atoms with van der Waals surface area (Å²) in [5, 5.41) is 3.17. The van der Waals surface area contributed by atoms with Crippen LogP contribution in [0.4, 0.5) is 20.5 Å². The van der Waals surface area contributed by atoms with Crippen LogP contribution >= 0.6 is 0 Å². The van der Waals surface area contributed by atoms with Gasteiger partial charge in [0.05, 0.1) is 11.9 Å². The number of nitrogens with two attached hydrogens (primary N) is 1. The lowest BCUT2D eigenvalue weighted by atomic mass is 10.2. The molecule has 0 aliphatic rings. The van der Waals surface area contributed by atoms with Crippen LogP contribution in [0.5, 0.6) is 11.5 Å². The Kier molecular flexibility index (Phi) is 7.09. The van der Waals surface area contributed by atoms with E-state index in [-0.39, 0.29) is 12.6 Å². The number of aromatic nitrogens is 3. The minimum absolute atomic E-state index is 0.112. The van der Waals surface area contributed by atoms with Crippen LogP contribution in [0.3, 0.4) is 0 Å². The van der Waals surface area contributed by atoms with Crippen LogP contribution in [0.15, 0.2) is 18.5 Å². The second-order valence-corrected chi connectivity index (χ2v) is 6.25. The quantitative estimate of drug-likeness (QED) is 0.607. The molecule has 0 spiro atoms. The smallest absolute Gasteiger partial charge is 0.278 e. The highest BCUT2D eigenvalue weighted by molar-refractivity contribution is 5.51. The number of alkyl halides is 2. The van der Waals surface area contributed by atoms with Gasteiger partial charge < -0.3 is 20.5 Å². The molecule has 0 bridgehead atoms. The fraction of sp³-hybridized carbons (Fsp3) is 0.500. The average Bonchev–Trinajstić information content (AvgIpc) is 2.60. The summed E-state index contributed by atoms with van der Waals surface area (Å²) in [5.74, 6) is -1.47. The van der Waals surface area contributed by atoms with E-state index in [1.165, 1.54) is 12.4 Å². The lowest BCUT2D eigenvalue weighted by Gasteiger charge is -2.16. The van der Waals surface area contributed by atoms with Crippen molar-refractivity contribution >= 4 is 11.8 Å². The van der Waals surface area contributed by atoms with Gasteiger partial charge >= 0.3 is 0 Å². The third-order valence-electron chi connectivity index (χ3n) is 3.70. The van der Waals surface area contributed by atoms with E-state index in [1.807, 2.05) is 0 Å². The number of hydrogen-bond donors (Lipinski definition) is 2. The van der Waals surface area contributed by atoms with Gasteiger partial charge in [-0.2, -0.15) is 4.98 Å². The first-order valence-electron chi connectivity index (χ1n) is 8.74. The van der Waals surface area contributed by atoms with Crippen molar-refractivity contribution in [1.29, 1.82) is 0 Å². The van der Waals surface area contributed by atoms with Gasteiger partial charge in [0.15, 0.2) is 18.2 Å². The molecule has 9 heteroatoms. The molecule has 0 aliphatic carbocycles. The summed E-state index contributed by atoms with van der Waals surface area (Å²) in [6, 6.07) is 1.55. The summed E-state index contributed by atoms with van der Waals surface area (Å²) in [7, 11) is 0. The molecule has 2 heterocycles. The van der Waals surface area contributed by atoms with Gasteiger partial charge in [-0.25, -0.2) is 13.8 Å². The van der Waals surface area contributed by atoms with Crippen LogP contribution in [0.25, 0.3) is 0 Å². The average molecular weight is 381 g/mol. The Bertz CT molecular complexity index is 753. The minimum Gasteiger partial charge on any atom is -0.487 e. The lowest BCUT2D eigenvalue weighted by Crippen LogP contribution is -2.21. The van der Waals surface area contributed by atoms with Crippen molar-refractivity contribution in [3.05, 3.63) is 29.7 Å². The maximum Gasteiger partial charge on any atom is 0.278 e. The summed E-state index contributed by atoms with van der Waals surface area (Å²) in [6.07, 6.45) is 5.00. The normalized spacial score (nSPS) is 11.3. The molecule has 2 aromatic rings. The van der Waals surface area contributed by atoms with Gasteiger partial charge in [0, 0.05) is 25.2 Å². The number of nitrogens with zero attached hydrogens (tertiary/aromatic N) is 3. The Hall–Kier alpha value is -2.71. The van der Waals surface area contributed by atoms with Gasteiger partial charge in [0.25, 0.3) is 5.92 Å². The molecule has 0 amide bonds. The standard InChI is InChI=1S/C18H25F2N5O2/c1-4-5-7-23-16-15(9-24-17(21)25-16)26-10-13-12(2)14(6-8-22-13)27-11-18(3,19)20/h6,8-9H,4-5,7,10-11H2,1-3H3,(H3,21,23,24,25). The molecule has 0 radical (unpaired) electrons. The molecule has 0 aliphatic heterocycles. The van der Waals surface area contributed by atoms with Gasteiger partial charge in [0.2, 0.25) is 5.95 Å². The van der Waals surface area contributed by atoms with E-state index in [9.17, 15) is 8.78 Å². The predicted octanol–water partition coefficient (Wildman–Crippen LogP) is 3.59. The van der Waals surface area contributed by atoms with Crippen LogP contribution in [0.1, 0.15) is 37.9 Å². The number of pyridine rings is 1. The maximum absolute atomic E-state index is 13.0. The Labute approximate surface area is 157 Å². The molecule has 7 nitrogen and oxygen atoms in total. The first-order valence-corrected chi connectivity index (χ1v) is 8.74. The Morgan fingerprint density at radius 1 is 1.22 bits per heavy atom. The van der Waals surface area contributed by atoms with Crippen molar-refractivity contribution in [2.45, 2.75) is 46.1 Å². The predicted molar refractivity (Wildman–Crippen MR) is 99.3 cm³/mol. The van der Waals surface area contributed by atoms with E-state index in [0.717, 1.165) is 26.3 Å². The number of unbranched alkanes of at least 4 members (excludes halogenated alkanes) is 1. The molecule has 2 rings (SSSR count). The van der Waals surface area contributed by atoms with E-state index in [2.05, 4.69) is 27.2 Å². The molecular weight excluding hydrogens is 356 g/mol. The van der Waals surface area contributed by atoms with E-state index in [1.54, 1.807) is 13.0 Å². The first-order chi connectivity index (χ1) is 12.8. The van der Waals surface area contributed by atoms with Gasteiger partial charge in [-0.15, -0.1) is 0 Å². The van der Waals surface area contributed by atoms with Crippen molar-refractivity contribution in [3.8, 4) is 11.5 Å². The maximum atomic E-state index is 13.0. The third-order valence-corrected chi connectivity index (χ3v) is 3.70. The number of hydrogen-bond acceptors (Lipinski definition) is 7. The summed E-state index contributed by atoms with van der Waals surface area (Å²) in [5.41, 5.74) is 6.85. The fourth-order valence-corrected chi connectivity index (χ4v) is 2.21. The molecule has 3 N–H and O–H groups in total. The summed E-state index contributed by atoms with van der Waals surface area (Å²) >= 11 is 0. The Balaban J connectivity index is 2.08. The zero-order valence-electron chi connectivity index (χ0n) is 15.8. The molecule has 0 fully saturated rings. The van der Waals surface area contributed by atoms with Crippen LogP contribution in [0.2, 0.25) is 0 Å². The number of halogens is 2. The number of ether oxygens (including phenoxy) is 2. The number of nitrogens with one attached hydrogen (secondary N) is 1. The van der Waals surface area contributed by atoms with E-state index < -0.39 is 12.5 Å². The highest BCUT2D eigenvalue weighted by Crippen LogP contribution is 2.26. The molecular formula is C18H25F2N5O2. The monoisotopic (exact) mass is 381 g/mol. The highest BCUT2D eigenvalue weighted by Gasteiger charge is 2.22. The van der Waals surface area contributed by atoms with Crippen molar-refractivity contribution < 1.29 is 18.3 Å². The van der Waals surface area contributed by atoms with Gasteiger partial charge in [-0.05, 0) is 19.4 Å². The summed E-state index contributed by atoms with van der Waals surface area (Å²) < 4.78 is 37.0. The number of nitrogen functional groups attached to an aromatic ring is 1. The number of anilines is 2. The molecule has 0 aromatic carbocycles. The van der Waals surface area contributed by atoms with E-state index in [4.69, 9.17) is 15.2 Å². The van der Waals surface area contributed by atoms with Crippen molar-refractivity contribution in [2.24, 2.45) is 0 Å². The molecule has 2 aromatic heterocycles. The zero-order valence-corrected chi connectivity index (χ0v) is 15.8. The van der Waals surface area contributed by atoms with Crippen molar-refractivity contribution in [1.82, 2.24) is 15.0 Å². The molecule has 0 unspecified atom stereocenters. The minimum atomic E-state index is -2.91. The summed E-state index contributed by atoms with van der Waals surface area (Å²) in [6.45, 7) is 4.79. The van der Waals surface area contributed by atoms with Crippen LogP contribution < -0.4 is 20.5 Å². The molecule has 148 valence electrons. The number of rotatable bonds is 10.